The van der Waals surface area contributed by atoms with Gasteiger partial charge in [-0.3, -0.25) is 9.59 Å². The van der Waals surface area contributed by atoms with Crippen molar-refractivity contribution in [3.05, 3.63) is 58.7 Å². The first-order valence-electron chi connectivity index (χ1n) is 7.55. The lowest BCUT2D eigenvalue weighted by molar-refractivity contribution is -0.140. The second-order valence-electron chi connectivity index (χ2n) is 5.50. The highest BCUT2D eigenvalue weighted by Crippen LogP contribution is 2.44. The van der Waals surface area contributed by atoms with Gasteiger partial charge in [-0.15, -0.1) is 12.4 Å². The third-order valence-electron chi connectivity index (χ3n) is 3.58. The van der Waals surface area contributed by atoms with Crippen LogP contribution in [-0.4, -0.2) is 17.3 Å². The number of amides is 1. The summed E-state index contributed by atoms with van der Waals surface area (Å²) in [6.45, 7) is 1.16. The van der Waals surface area contributed by atoms with E-state index >= 15 is 0 Å². The third-order valence-corrected chi connectivity index (χ3v) is 3.58. The number of alkyl halides is 3. The van der Waals surface area contributed by atoms with Crippen LogP contribution < -0.4 is 10.1 Å². The molecule has 0 saturated heterocycles. The first-order valence-corrected chi connectivity index (χ1v) is 7.55. The molecule has 9 heteroatoms. The molecule has 1 amide bonds. The van der Waals surface area contributed by atoms with Crippen LogP contribution in [0.4, 0.5) is 13.2 Å². The second kappa shape index (κ2) is 9.27. The Kier molecular flexibility index (Phi) is 7.66. The predicted octanol–water partition coefficient (Wildman–Crippen LogP) is 3.86. The van der Waals surface area contributed by atoms with Crippen LogP contribution in [-0.2, 0) is 24.1 Å². The number of phenols is 1. The summed E-state index contributed by atoms with van der Waals surface area (Å²) in [4.78, 5) is 21.7. The number of hydrogen-bond donors (Lipinski definition) is 2. The van der Waals surface area contributed by atoms with Crippen molar-refractivity contribution in [2.75, 3.05) is 0 Å². The van der Waals surface area contributed by atoms with Crippen LogP contribution in [0.15, 0.2) is 36.4 Å². The maximum atomic E-state index is 13.3. The van der Waals surface area contributed by atoms with Gasteiger partial charge < -0.3 is 15.2 Å². The number of rotatable bonds is 7. The Morgan fingerprint density at radius 3 is 2.48 bits per heavy atom. The van der Waals surface area contributed by atoms with Crippen molar-refractivity contribution in [3.63, 3.8) is 0 Å². The van der Waals surface area contributed by atoms with Gasteiger partial charge >= 0.3 is 6.18 Å². The van der Waals surface area contributed by atoms with Crippen LogP contribution >= 0.6 is 12.4 Å². The molecule has 0 aliphatic carbocycles. The van der Waals surface area contributed by atoms with Crippen molar-refractivity contribution in [1.82, 2.24) is 5.32 Å². The monoisotopic (exact) mass is 403 g/mol. The van der Waals surface area contributed by atoms with E-state index in [1.807, 2.05) is 0 Å². The van der Waals surface area contributed by atoms with Crippen molar-refractivity contribution >= 4 is 24.6 Å². The van der Waals surface area contributed by atoms with Gasteiger partial charge in [0.15, 0.2) is 5.78 Å². The lowest BCUT2D eigenvalue weighted by Gasteiger charge is -2.17. The number of phenolic OH excluding ortho intramolecular Hbond substituents is 1. The van der Waals surface area contributed by atoms with Crippen molar-refractivity contribution in [1.29, 1.82) is 0 Å². The smallest absolute Gasteiger partial charge is 0.423 e. The number of nitrogens with one attached hydrogen (secondary N) is 1. The SMILES string of the molecule is CC(=O)c1ccc(OCc2cccc(CNC=O)c2)c(C(F)(F)F)c1O.Cl. The number of aromatic hydroxyl groups is 1. The van der Waals surface area contributed by atoms with Gasteiger partial charge in [-0.2, -0.15) is 13.2 Å². The summed E-state index contributed by atoms with van der Waals surface area (Å²) >= 11 is 0. The fourth-order valence-corrected chi connectivity index (χ4v) is 2.40. The highest BCUT2D eigenvalue weighted by Gasteiger charge is 2.39. The molecule has 0 aliphatic rings. The summed E-state index contributed by atoms with van der Waals surface area (Å²) in [7, 11) is 0. The van der Waals surface area contributed by atoms with Gasteiger partial charge in [0.2, 0.25) is 6.41 Å². The molecule has 0 heterocycles. The molecular formula is C18H17ClF3NO4. The number of carbonyl (C=O) groups excluding carboxylic acids is 2. The molecule has 0 spiro atoms. The fraction of sp³-hybridized carbons (Fsp3) is 0.222. The van der Waals surface area contributed by atoms with E-state index < -0.39 is 34.6 Å². The summed E-state index contributed by atoms with van der Waals surface area (Å²) in [6, 6.07) is 8.86. The maximum Gasteiger partial charge on any atom is 0.423 e. The zero-order valence-electron chi connectivity index (χ0n) is 14.2. The molecule has 0 bridgehead atoms. The molecule has 2 aromatic carbocycles. The minimum atomic E-state index is -4.89. The normalized spacial score (nSPS) is 10.7. The summed E-state index contributed by atoms with van der Waals surface area (Å²) in [5.41, 5.74) is -0.474. The molecule has 2 aromatic rings. The van der Waals surface area contributed by atoms with Crippen molar-refractivity contribution in [2.45, 2.75) is 26.3 Å². The topological polar surface area (TPSA) is 75.6 Å². The quantitative estimate of drug-likeness (QED) is 0.543. The predicted molar refractivity (Wildman–Crippen MR) is 94.0 cm³/mol. The molecule has 0 aromatic heterocycles. The largest absolute Gasteiger partial charge is 0.506 e. The highest BCUT2D eigenvalue weighted by atomic mass is 35.5. The maximum absolute atomic E-state index is 13.3. The number of hydrogen-bond acceptors (Lipinski definition) is 4. The van der Waals surface area contributed by atoms with Gasteiger partial charge in [0.05, 0.1) is 5.56 Å². The number of halogens is 4. The van der Waals surface area contributed by atoms with Gasteiger partial charge in [-0.25, -0.2) is 0 Å². The average molecular weight is 404 g/mol. The molecule has 0 unspecified atom stereocenters. The molecular weight excluding hydrogens is 387 g/mol. The Balaban J connectivity index is 0.00000364. The summed E-state index contributed by atoms with van der Waals surface area (Å²) in [5, 5.41) is 12.3. The molecule has 0 fully saturated rings. The van der Waals surface area contributed by atoms with Crippen molar-refractivity contribution < 1.29 is 32.6 Å². The summed E-state index contributed by atoms with van der Waals surface area (Å²) in [5.74, 6) is -2.40. The van der Waals surface area contributed by atoms with Gasteiger partial charge in [-0.1, -0.05) is 24.3 Å². The van der Waals surface area contributed by atoms with Crippen LogP contribution in [0.3, 0.4) is 0 Å². The van der Waals surface area contributed by atoms with E-state index in [0.717, 1.165) is 24.6 Å². The summed E-state index contributed by atoms with van der Waals surface area (Å²) < 4.78 is 45.1. The van der Waals surface area contributed by atoms with E-state index in [2.05, 4.69) is 5.32 Å². The van der Waals surface area contributed by atoms with Crippen LogP contribution in [0.25, 0.3) is 0 Å². The Bertz CT molecular complexity index is 825. The number of Topliss-reactive ketones (excluding diaryl/α,β-unsaturated/α-hetero) is 1. The molecule has 146 valence electrons. The van der Waals surface area contributed by atoms with E-state index in [1.165, 1.54) is 0 Å². The van der Waals surface area contributed by atoms with E-state index in [-0.39, 0.29) is 25.6 Å². The molecule has 5 nitrogen and oxygen atoms in total. The summed E-state index contributed by atoms with van der Waals surface area (Å²) in [6.07, 6.45) is -4.35. The lowest BCUT2D eigenvalue weighted by Crippen LogP contribution is -2.12. The minimum Gasteiger partial charge on any atom is -0.506 e. The third kappa shape index (κ3) is 5.62. The molecule has 2 rings (SSSR count). The van der Waals surface area contributed by atoms with Gasteiger partial charge in [-0.05, 0) is 30.2 Å². The Labute approximate surface area is 159 Å². The van der Waals surface area contributed by atoms with E-state index in [4.69, 9.17) is 4.74 Å². The molecule has 2 N–H and O–H groups in total. The van der Waals surface area contributed by atoms with Crippen molar-refractivity contribution in [2.24, 2.45) is 0 Å². The van der Waals surface area contributed by atoms with Crippen LogP contribution in [0.2, 0.25) is 0 Å². The van der Waals surface area contributed by atoms with Crippen LogP contribution in [0, 0.1) is 0 Å². The van der Waals surface area contributed by atoms with Crippen LogP contribution in [0.5, 0.6) is 11.5 Å². The molecule has 27 heavy (non-hydrogen) atoms. The zero-order valence-corrected chi connectivity index (χ0v) is 15.0. The average Bonchev–Trinajstić information content (AvgIpc) is 2.57. The van der Waals surface area contributed by atoms with Gasteiger partial charge in [0.1, 0.15) is 23.7 Å². The Morgan fingerprint density at radius 1 is 1.22 bits per heavy atom. The zero-order chi connectivity index (χ0) is 19.3. The number of benzene rings is 2. The second-order valence-corrected chi connectivity index (χ2v) is 5.50. The van der Waals surface area contributed by atoms with E-state index in [1.54, 1.807) is 24.3 Å². The Morgan fingerprint density at radius 2 is 1.89 bits per heavy atom. The molecule has 0 saturated carbocycles. The van der Waals surface area contributed by atoms with Gasteiger partial charge in [0.25, 0.3) is 0 Å². The fourth-order valence-electron chi connectivity index (χ4n) is 2.40. The van der Waals surface area contributed by atoms with E-state index in [0.29, 0.717) is 12.0 Å². The highest BCUT2D eigenvalue weighted by molar-refractivity contribution is 5.97. The lowest BCUT2D eigenvalue weighted by atomic mass is 10.0. The first kappa shape index (κ1) is 22.3. The standard InChI is InChI=1S/C18H16F3NO4.ClH/c1-11(24)14-5-6-15(16(17(14)25)18(19,20)21)26-9-13-4-2-3-12(7-13)8-22-10-23;/h2-7,10,25H,8-9H2,1H3,(H,22,23);1H. The van der Waals surface area contributed by atoms with Gasteiger partial charge in [0, 0.05) is 6.54 Å². The molecule has 0 radical (unpaired) electrons. The molecule has 0 atom stereocenters. The number of carbonyl (C=O) groups is 2. The minimum absolute atomic E-state index is 0. The Hall–Kier alpha value is -2.74. The van der Waals surface area contributed by atoms with Crippen molar-refractivity contribution in [3.8, 4) is 11.5 Å². The number of ketones is 1. The number of ether oxygens (including phenoxy) is 1. The molecule has 0 aliphatic heterocycles. The van der Waals surface area contributed by atoms with E-state index in [9.17, 15) is 27.9 Å². The first-order chi connectivity index (χ1) is 12.2. The van der Waals surface area contributed by atoms with Crippen LogP contribution in [0.1, 0.15) is 34.0 Å².